The van der Waals surface area contributed by atoms with E-state index in [9.17, 15) is 9.90 Å². The molecule has 4 heteroatoms. The van der Waals surface area contributed by atoms with Crippen LogP contribution in [0.15, 0.2) is 0 Å². The normalized spacial score (nSPS) is 23.0. The molecule has 0 aromatic carbocycles. The van der Waals surface area contributed by atoms with Crippen molar-refractivity contribution < 1.29 is 15.0 Å². The van der Waals surface area contributed by atoms with Crippen molar-refractivity contribution in [2.75, 3.05) is 11.5 Å². The Kier molecular flexibility index (Phi) is 4.26. The molecule has 0 radical (unpaired) electrons. The number of carboxylic acids is 1. The average molecular weight is 218 g/mol. The fraction of sp³-hybridized carbons (Fsp3) is 0.900. The highest BCUT2D eigenvalue weighted by molar-refractivity contribution is 7.99. The van der Waals surface area contributed by atoms with E-state index in [1.807, 2.05) is 18.7 Å². The second-order valence-corrected chi connectivity index (χ2v) is 5.09. The number of aliphatic hydroxyl groups is 1. The van der Waals surface area contributed by atoms with E-state index >= 15 is 0 Å². The van der Waals surface area contributed by atoms with Crippen LogP contribution in [0.3, 0.4) is 0 Å². The summed E-state index contributed by atoms with van der Waals surface area (Å²) in [5.41, 5.74) is -1.48. The van der Waals surface area contributed by atoms with Gasteiger partial charge in [-0.1, -0.05) is 13.3 Å². The van der Waals surface area contributed by atoms with Gasteiger partial charge >= 0.3 is 5.97 Å². The quantitative estimate of drug-likeness (QED) is 0.754. The lowest BCUT2D eigenvalue weighted by molar-refractivity contribution is -0.166. The molecule has 1 aliphatic rings. The number of carboxylic acid groups (broad SMARTS) is 1. The second-order valence-electron chi connectivity index (χ2n) is 3.87. The summed E-state index contributed by atoms with van der Waals surface area (Å²) >= 11 is 1.84. The van der Waals surface area contributed by atoms with Gasteiger partial charge in [0.05, 0.1) is 0 Å². The van der Waals surface area contributed by atoms with Gasteiger partial charge in [0.1, 0.15) is 0 Å². The molecular weight excluding hydrogens is 200 g/mol. The van der Waals surface area contributed by atoms with Gasteiger partial charge in [-0.2, -0.15) is 11.8 Å². The zero-order valence-electron chi connectivity index (χ0n) is 8.53. The van der Waals surface area contributed by atoms with Gasteiger partial charge < -0.3 is 10.2 Å². The van der Waals surface area contributed by atoms with Gasteiger partial charge in [0.15, 0.2) is 5.60 Å². The minimum Gasteiger partial charge on any atom is -0.479 e. The molecule has 0 aromatic rings. The Balaban J connectivity index is 2.69. The van der Waals surface area contributed by atoms with Crippen molar-refractivity contribution in [3.63, 3.8) is 0 Å². The van der Waals surface area contributed by atoms with Gasteiger partial charge in [-0.15, -0.1) is 0 Å². The van der Waals surface area contributed by atoms with Crippen LogP contribution in [0.2, 0.25) is 0 Å². The van der Waals surface area contributed by atoms with Crippen LogP contribution >= 0.6 is 11.8 Å². The molecule has 2 N–H and O–H groups in total. The summed E-state index contributed by atoms with van der Waals surface area (Å²) in [6.45, 7) is 1.91. The number of rotatable bonds is 4. The predicted octanol–water partition coefficient (Wildman–Crippen LogP) is 1.75. The van der Waals surface area contributed by atoms with E-state index in [1.54, 1.807) is 0 Å². The molecule has 0 amide bonds. The van der Waals surface area contributed by atoms with Crippen LogP contribution in [-0.4, -0.2) is 33.3 Å². The summed E-state index contributed by atoms with van der Waals surface area (Å²) in [4.78, 5) is 11.1. The molecule has 1 atom stereocenters. The first-order valence-electron chi connectivity index (χ1n) is 5.14. The van der Waals surface area contributed by atoms with Crippen molar-refractivity contribution in [3.05, 3.63) is 0 Å². The van der Waals surface area contributed by atoms with Crippen LogP contribution in [0, 0.1) is 5.92 Å². The van der Waals surface area contributed by atoms with E-state index in [1.165, 1.54) is 0 Å². The molecule has 82 valence electrons. The van der Waals surface area contributed by atoms with Gasteiger partial charge in [0.25, 0.3) is 0 Å². The Morgan fingerprint density at radius 3 is 2.50 bits per heavy atom. The SMILES string of the molecule is CCCC(O)(C(=O)O)C1CCSCC1. The van der Waals surface area contributed by atoms with Crippen molar-refractivity contribution in [2.45, 2.75) is 38.2 Å². The van der Waals surface area contributed by atoms with Crippen molar-refractivity contribution in [1.82, 2.24) is 0 Å². The molecule has 0 bridgehead atoms. The highest BCUT2D eigenvalue weighted by Crippen LogP contribution is 2.34. The van der Waals surface area contributed by atoms with Gasteiger partial charge in [0, 0.05) is 5.92 Å². The van der Waals surface area contributed by atoms with Crippen molar-refractivity contribution >= 4 is 17.7 Å². The second kappa shape index (κ2) is 5.03. The van der Waals surface area contributed by atoms with Crippen molar-refractivity contribution in [3.8, 4) is 0 Å². The summed E-state index contributed by atoms with van der Waals surface area (Å²) in [6, 6.07) is 0. The van der Waals surface area contributed by atoms with E-state index < -0.39 is 11.6 Å². The number of carbonyl (C=O) groups is 1. The Bertz CT molecular complexity index is 202. The summed E-state index contributed by atoms with van der Waals surface area (Å²) in [7, 11) is 0. The third-order valence-corrected chi connectivity index (χ3v) is 3.95. The van der Waals surface area contributed by atoms with Crippen LogP contribution in [0.4, 0.5) is 0 Å². The van der Waals surface area contributed by atoms with E-state index in [-0.39, 0.29) is 5.92 Å². The first kappa shape index (κ1) is 11.9. The first-order valence-corrected chi connectivity index (χ1v) is 6.30. The fourth-order valence-corrected chi connectivity index (χ4v) is 3.15. The molecule has 0 aromatic heterocycles. The highest BCUT2D eigenvalue weighted by atomic mass is 32.2. The van der Waals surface area contributed by atoms with E-state index in [4.69, 9.17) is 5.11 Å². The minimum atomic E-state index is -1.48. The maximum Gasteiger partial charge on any atom is 0.335 e. The lowest BCUT2D eigenvalue weighted by Gasteiger charge is -2.34. The maximum atomic E-state index is 11.1. The Morgan fingerprint density at radius 1 is 1.50 bits per heavy atom. The minimum absolute atomic E-state index is 0.0544. The van der Waals surface area contributed by atoms with Gasteiger partial charge in [-0.05, 0) is 30.8 Å². The predicted molar refractivity (Wildman–Crippen MR) is 57.5 cm³/mol. The molecular formula is C10H18O3S. The van der Waals surface area contributed by atoms with Gasteiger partial charge in [-0.3, -0.25) is 0 Å². The van der Waals surface area contributed by atoms with Gasteiger partial charge in [0.2, 0.25) is 0 Å². The molecule has 0 aliphatic carbocycles. The van der Waals surface area contributed by atoms with Crippen LogP contribution in [-0.2, 0) is 4.79 Å². The zero-order chi connectivity index (χ0) is 10.6. The largest absolute Gasteiger partial charge is 0.479 e. The van der Waals surface area contributed by atoms with E-state index in [0.29, 0.717) is 12.8 Å². The summed E-state index contributed by atoms with van der Waals surface area (Å²) < 4.78 is 0. The third kappa shape index (κ3) is 2.42. The van der Waals surface area contributed by atoms with Crippen LogP contribution in [0.5, 0.6) is 0 Å². The Hall–Kier alpha value is -0.220. The van der Waals surface area contributed by atoms with Crippen LogP contribution in [0.25, 0.3) is 0 Å². The third-order valence-electron chi connectivity index (χ3n) is 2.90. The number of thioether (sulfide) groups is 1. The molecule has 1 aliphatic heterocycles. The average Bonchev–Trinajstić information content (AvgIpc) is 2.19. The molecule has 1 fully saturated rings. The standard InChI is InChI=1S/C10H18O3S/c1-2-5-10(13,9(11)12)8-3-6-14-7-4-8/h8,13H,2-7H2,1H3,(H,11,12). The van der Waals surface area contributed by atoms with Crippen molar-refractivity contribution in [2.24, 2.45) is 5.92 Å². The molecule has 3 nitrogen and oxygen atoms in total. The molecule has 1 unspecified atom stereocenters. The van der Waals surface area contributed by atoms with Gasteiger partial charge in [-0.25, -0.2) is 4.79 Å². The number of aliphatic carboxylic acids is 1. The van der Waals surface area contributed by atoms with Crippen LogP contribution < -0.4 is 0 Å². The van der Waals surface area contributed by atoms with Crippen molar-refractivity contribution in [1.29, 1.82) is 0 Å². The summed E-state index contributed by atoms with van der Waals surface area (Å²) in [5.74, 6) is 0.853. The van der Waals surface area contributed by atoms with Crippen LogP contribution in [0.1, 0.15) is 32.6 Å². The van der Waals surface area contributed by atoms with E-state index in [0.717, 1.165) is 24.3 Å². The fourth-order valence-electron chi connectivity index (χ4n) is 2.04. The lowest BCUT2D eigenvalue weighted by Crippen LogP contribution is -2.47. The smallest absolute Gasteiger partial charge is 0.335 e. The summed E-state index contributed by atoms with van der Waals surface area (Å²) in [5, 5.41) is 19.2. The summed E-state index contributed by atoms with van der Waals surface area (Å²) in [6.07, 6.45) is 2.74. The molecule has 14 heavy (non-hydrogen) atoms. The molecule has 0 spiro atoms. The molecule has 1 heterocycles. The Morgan fingerprint density at radius 2 is 2.07 bits per heavy atom. The Labute approximate surface area is 88.9 Å². The lowest BCUT2D eigenvalue weighted by atomic mass is 9.80. The molecule has 1 saturated heterocycles. The van der Waals surface area contributed by atoms with E-state index in [2.05, 4.69) is 0 Å². The highest BCUT2D eigenvalue weighted by Gasteiger charge is 2.43. The topological polar surface area (TPSA) is 57.5 Å². The molecule has 1 rings (SSSR count). The molecule has 0 saturated carbocycles. The zero-order valence-corrected chi connectivity index (χ0v) is 9.35. The number of hydrogen-bond acceptors (Lipinski definition) is 3. The number of hydrogen-bond donors (Lipinski definition) is 2. The maximum absolute atomic E-state index is 11.1. The monoisotopic (exact) mass is 218 g/mol. The first-order chi connectivity index (χ1) is 6.61.